The Kier molecular flexibility index (Phi) is 12.4. The van der Waals surface area contributed by atoms with Gasteiger partial charge < -0.3 is 20.9 Å². The van der Waals surface area contributed by atoms with Crippen LogP contribution in [-0.4, -0.2) is 62.1 Å². The maximum absolute atomic E-state index is 11.8. The van der Waals surface area contributed by atoms with E-state index in [-0.39, 0.29) is 42.0 Å². The molecule has 0 aromatic heterocycles. The molecule has 1 rings (SSSR count). The normalized spacial score (nSPS) is 16.9. The Bertz CT molecular complexity index is 401. The summed E-state index contributed by atoms with van der Waals surface area (Å²) in [7, 11) is 1.73. The first kappa shape index (κ1) is 24.4. The number of carbonyl (C=O) groups is 1. The van der Waals surface area contributed by atoms with Crippen molar-refractivity contribution in [2.75, 3.05) is 39.8 Å². The smallest absolute Gasteiger partial charge is 0.239 e. The Morgan fingerprint density at radius 2 is 1.80 bits per heavy atom. The van der Waals surface area contributed by atoms with E-state index in [1.165, 1.54) is 38.9 Å². The zero-order valence-electron chi connectivity index (χ0n) is 16.7. The van der Waals surface area contributed by atoms with Crippen LogP contribution in [0.3, 0.4) is 0 Å². The highest BCUT2D eigenvalue weighted by Gasteiger charge is 2.15. The van der Waals surface area contributed by atoms with E-state index in [0.717, 1.165) is 18.9 Å². The van der Waals surface area contributed by atoms with Crippen LogP contribution in [0.15, 0.2) is 4.99 Å². The van der Waals surface area contributed by atoms with Gasteiger partial charge in [-0.2, -0.15) is 0 Å². The van der Waals surface area contributed by atoms with Crippen LogP contribution < -0.4 is 16.0 Å². The number of hydrogen-bond donors (Lipinski definition) is 3. The molecule has 1 aliphatic rings. The second kappa shape index (κ2) is 12.7. The Labute approximate surface area is 171 Å². The summed E-state index contributed by atoms with van der Waals surface area (Å²) in [5.74, 6) is 1.56. The average molecular weight is 467 g/mol. The fourth-order valence-corrected chi connectivity index (χ4v) is 2.80. The maximum atomic E-state index is 11.8. The van der Waals surface area contributed by atoms with Crippen molar-refractivity contribution in [1.29, 1.82) is 0 Å². The van der Waals surface area contributed by atoms with Crippen LogP contribution in [0.2, 0.25) is 0 Å². The van der Waals surface area contributed by atoms with Gasteiger partial charge in [-0.3, -0.25) is 9.79 Å². The SMILES string of the molecule is CN=C(NCCCCN1CCC(C)CC1)NCC(=O)NC(C)(C)C.I. The summed E-state index contributed by atoms with van der Waals surface area (Å²) in [6, 6.07) is 0. The standard InChI is InChI=1S/C18H37N5O.HI/c1-15-8-12-23(13-9-15)11-7-6-10-20-17(19-5)21-14-16(24)22-18(2,3)4;/h15H,6-14H2,1-5H3,(H,22,24)(H2,19,20,21);1H. The van der Waals surface area contributed by atoms with Crippen LogP contribution in [0.1, 0.15) is 53.4 Å². The number of piperidine rings is 1. The van der Waals surface area contributed by atoms with Crippen molar-refractivity contribution in [1.82, 2.24) is 20.9 Å². The highest BCUT2D eigenvalue weighted by atomic mass is 127. The van der Waals surface area contributed by atoms with Gasteiger partial charge in [-0.25, -0.2) is 0 Å². The van der Waals surface area contributed by atoms with Crippen LogP contribution >= 0.6 is 24.0 Å². The molecule has 148 valence electrons. The molecule has 1 fully saturated rings. The lowest BCUT2D eigenvalue weighted by molar-refractivity contribution is -0.121. The number of likely N-dealkylation sites (tertiary alicyclic amines) is 1. The van der Waals surface area contributed by atoms with Gasteiger partial charge in [-0.05, 0) is 72.0 Å². The molecule has 0 atom stereocenters. The Hall–Kier alpha value is -0.570. The molecule has 3 N–H and O–H groups in total. The van der Waals surface area contributed by atoms with Gasteiger partial charge in [0.2, 0.25) is 5.91 Å². The van der Waals surface area contributed by atoms with Crippen LogP contribution in [0.25, 0.3) is 0 Å². The van der Waals surface area contributed by atoms with Gasteiger partial charge in [0, 0.05) is 19.1 Å². The van der Waals surface area contributed by atoms with E-state index in [1.807, 2.05) is 20.8 Å². The minimum atomic E-state index is -0.206. The Balaban J connectivity index is 0.00000576. The summed E-state index contributed by atoms with van der Waals surface area (Å²) in [4.78, 5) is 18.5. The van der Waals surface area contributed by atoms with E-state index in [2.05, 4.69) is 32.8 Å². The molecule has 1 saturated heterocycles. The molecule has 1 amide bonds. The maximum Gasteiger partial charge on any atom is 0.239 e. The van der Waals surface area contributed by atoms with Gasteiger partial charge in [0.05, 0.1) is 6.54 Å². The molecule has 0 aromatic carbocycles. The van der Waals surface area contributed by atoms with Crippen LogP contribution in [0.5, 0.6) is 0 Å². The lowest BCUT2D eigenvalue weighted by Crippen LogP contribution is -2.48. The molecule has 1 aliphatic heterocycles. The molecule has 1 heterocycles. The molecule has 6 nitrogen and oxygen atoms in total. The zero-order chi connectivity index (χ0) is 18.0. The van der Waals surface area contributed by atoms with Gasteiger partial charge >= 0.3 is 0 Å². The third kappa shape index (κ3) is 12.4. The number of rotatable bonds is 7. The summed E-state index contributed by atoms with van der Waals surface area (Å²) >= 11 is 0. The third-order valence-electron chi connectivity index (χ3n) is 4.22. The first-order valence-corrected chi connectivity index (χ1v) is 9.28. The topological polar surface area (TPSA) is 68.8 Å². The number of carbonyl (C=O) groups excluding carboxylic acids is 1. The molecule has 0 bridgehead atoms. The number of hydrogen-bond acceptors (Lipinski definition) is 3. The quantitative estimate of drug-likeness (QED) is 0.233. The van der Waals surface area contributed by atoms with Gasteiger partial charge in [-0.1, -0.05) is 6.92 Å². The average Bonchev–Trinajstić information content (AvgIpc) is 2.50. The number of amides is 1. The molecule has 0 spiro atoms. The molecule has 25 heavy (non-hydrogen) atoms. The minimum Gasteiger partial charge on any atom is -0.356 e. The van der Waals surface area contributed by atoms with Crippen molar-refractivity contribution in [3.63, 3.8) is 0 Å². The van der Waals surface area contributed by atoms with E-state index < -0.39 is 0 Å². The molecule has 0 unspecified atom stereocenters. The summed E-state index contributed by atoms with van der Waals surface area (Å²) in [6.07, 6.45) is 4.99. The summed E-state index contributed by atoms with van der Waals surface area (Å²) in [5, 5.41) is 9.25. The molecule has 0 radical (unpaired) electrons. The summed E-state index contributed by atoms with van der Waals surface area (Å²) in [5.41, 5.74) is -0.206. The van der Waals surface area contributed by atoms with Crippen molar-refractivity contribution in [2.45, 2.75) is 58.9 Å². The Morgan fingerprint density at radius 3 is 2.36 bits per heavy atom. The predicted molar refractivity (Wildman–Crippen MR) is 117 cm³/mol. The first-order chi connectivity index (χ1) is 11.3. The first-order valence-electron chi connectivity index (χ1n) is 9.28. The highest BCUT2D eigenvalue weighted by molar-refractivity contribution is 14.0. The lowest BCUT2D eigenvalue weighted by atomic mass is 9.99. The Morgan fingerprint density at radius 1 is 1.16 bits per heavy atom. The number of aliphatic imine (C=N–C) groups is 1. The number of nitrogens with one attached hydrogen (secondary N) is 3. The highest BCUT2D eigenvalue weighted by Crippen LogP contribution is 2.15. The van der Waals surface area contributed by atoms with Crippen molar-refractivity contribution >= 4 is 35.8 Å². The molecule has 7 heteroatoms. The second-order valence-corrected chi connectivity index (χ2v) is 7.88. The minimum absolute atomic E-state index is 0. The molecular formula is C18H38IN5O. The lowest BCUT2D eigenvalue weighted by Gasteiger charge is -2.30. The third-order valence-corrected chi connectivity index (χ3v) is 4.22. The van der Waals surface area contributed by atoms with E-state index >= 15 is 0 Å². The fourth-order valence-electron chi connectivity index (χ4n) is 2.80. The zero-order valence-corrected chi connectivity index (χ0v) is 19.0. The van der Waals surface area contributed by atoms with Gasteiger partial charge in [0.25, 0.3) is 0 Å². The molecule has 0 aliphatic carbocycles. The van der Waals surface area contributed by atoms with Crippen LogP contribution in [0.4, 0.5) is 0 Å². The largest absolute Gasteiger partial charge is 0.356 e. The molecule has 0 saturated carbocycles. The van der Waals surface area contributed by atoms with Gasteiger partial charge in [0.15, 0.2) is 5.96 Å². The number of halogens is 1. The van der Waals surface area contributed by atoms with Crippen LogP contribution in [-0.2, 0) is 4.79 Å². The molecular weight excluding hydrogens is 429 g/mol. The fraction of sp³-hybridized carbons (Fsp3) is 0.889. The monoisotopic (exact) mass is 467 g/mol. The van der Waals surface area contributed by atoms with Crippen molar-refractivity contribution < 1.29 is 4.79 Å². The number of unbranched alkanes of at least 4 members (excludes halogenated alkanes) is 1. The van der Waals surface area contributed by atoms with E-state index in [0.29, 0.717) is 5.96 Å². The number of nitrogens with zero attached hydrogens (tertiary/aromatic N) is 2. The van der Waals surface area contributed by atoms with Crippen molar-refractivity contribution in [2.24, 2.45) is 10.9 Å². The van der Waals surface area contributed by atoms with Crippen molar-refractivity contribution in [3.8, 4) is 0 Å². The summed E-state index contributed by atoms with van der Waals surface area (Å²) < 4.78 is 0. The second-order valence-electron chi connectivity index (χ2n) is 7.88. The van der Waals surface area contributed by atoms with Gasteiger partial charge in [-0.15, -0.1) is 24.0 Å². The molecule has 0 aromatic rings. The van der Waals surface area contributed by atoms with E-state index in [4.69, 9.17) is 0 Å². The van der Waals surface area contributed by atoms with E-state index in [1.54, 1.807) is 7.05 Å². The summed E-state index contributed by atoms with van der Waals surface area (Å²) in [6.45, 7) is 13.1. The predicted octanol–water partition coefficient (Wildman–Crippen LogP) is 2.20. The van der Waals surface area contributed by atoms with E-state index in [9.17, 15) is 4.79 Å². The van der Waals surface area contributed by atoms with Crippen LogP contribution in [0, 0.1) is 5.92 Å². The number of guanidine groups is 1. The van der Waals surface area contributed by atoms with Crippen molar-refractivity contribution in [3.05, 3.63) is 0 Å². The van der Waals surface area contributed by atoms with Gasteiger partial charge in [0.1, 0.15) is 0 Å².